The molecule has 18 heavy (non-hydrogen) atoms. The molecule has 1 N–H and O–H groups in total. The molecule has 1 aromatic heterocycles. The van der Waals surface area contributed by atoms with Gasteiger partial charge in [0.05, 0.1) is 5.52 Å². The Morgan fingerprint density at radius 1 is 1.17 bits per heavy atom. The van der Waals surface area contributed by atoms with Gasteiger partial charge in [-0.2, -0.15) is 0 Å². The average Bonchev–Trinajstić information content (AvgIpc) is 2.41. The molecular weight excluding hydrogens is 224 g/mol. The van der Waals surface area contributed by atoms with Crippen molar-refractivity contribution in [2.45, 2.75) is 25.8 Å². The molecular formula is C15H18N2O. The largest absolute Gasteiger partial charge is 0.508 e. The molecule has 2 heterocycles. The molecule has 94 valence electrons. The predicted molar refractivity (Wildman–Crippen MR) is 72.5 cm³/mol. The Morgan fingerprint density at radius 2 is 2.00 bits per heavy atom. The van der Waals surface area contributed by atoms with E-state index in [0.29, 0.717) is 5.75 Å². The number of fused-ring (bicyclic) bond motifs is 1. The van der Waals surface area contributed by atoms with Crippen LogP contribution in [-0.2, 0) is 6.54 Å². The van der Waals surface area contributed by atoms with Crippen molar-refractivity contribution in [1.29, 1.82) is 0 Å². The topological polar surface area (TPSA) is 36.4 Å². The molecule has 0 spiro atoms. The van der Waals surface area contributed by atoms with Crippen molar-refractivity contribution >= 4 is 10.9 Å². The molecule has 3 rings (SSSR count). The number of hydrogen-bond acceptors (Lipinski definition) is 3. The van der Waals surface area contributed by atoms with E-state index in [2.05, 4.69) is 9.88 Å². The second kappa shape index (κ2) is 4.94. The minimum atomic E-state index is 0.390. The molecule has 3 heteroatoms. The maximum Gasteiger partial charge on any atom is 0.120 e. The Morgan fingerprint density at radius 3 is 2.83 bits per heavy atom. The summed E-state index contributed by atoms with van der Waals surface area (Å²) in [6, 6.07) is 7.71. The number of aromatic hydroxyl groups is 1. The second-order valence-electron chi connectivity index (χ2n) is 5.01. The Bertz CT molecular complexity index is 547. The number of phenols is 1. The fraction of sp³-hybridized carbons (Fsp3) is 0.400. The predicted octanol–water partition coefficient (Wildman–Crippen LogP) is 2.93. The van der Waals surface area contributed by atoms with Crippen molar-refractivity contribution < 1.29 is 5.11 Å². The molecule has 2 aromatic rings. The van der Waals surface area contributed by atoms with Gasteiger partial charge >= 0.3 is 0 Å². The number of pyridine rings is 1. The summed E-state index contributed by atoms with van der Waals surface area (Å²) in [5.74, 6) is 0.390. The van der Waals surface area contributed by atoms with E-state index in [-0.39, 0.29) is 0 Å². The highest BCUT2D eigenvalue weighted by atomic mass is 16.3. The maximum absolute atomic E-state index is 10.1. The lowest BCUT2D eigenvalue weighted by Gasteiger charge is -2.26. The Balaban J connectivity index is 1.88. The van der Waals surface area contributed by atoms with Crippen molar-refractivity contribution in [3.05, 3.63) is 36.0 Å². The van der Waals surface area contributed by atoms with Gasteiger partial charge in [0.15, 0.2) is 0 Å². The van der Waals surface area contributed by atoms with Gasteiger partial charge in [0.25, 0.3) is 0 Å². The second-order valence-corrected chi connectivity index (χ2v) is 5.01. The molecule has 1 aromatic carbocycles. The zero-order chi connectivity index (χ0) is 12.4. The number of benzene rings is 1. The molecule has 0 aliphatic carbocycles. The molecule has 0 unspecified atom stereocenters. The van der Waals surface area contributed by atoms with E-state index in [4.69, 9.17) is 0 Å². The van der Waals surface area contributed by atoms with Gasteiger partial charge in [-0.25, -0.2) is 0 Å². The van der Waals surface area contributed by atoms with Gasteiger partial charge in [0.2, 0.25) is 0 Å². The van der Waals surface area contributed by atoms with Gasteiger partial charge < -0.3 is 5.11 Å². The van der Waals surface area contributed by atoms with Crippen molar-refractivity contribution in [2.75, 3.05) is 13.1 Å². The minimum absolute atomic E-state index is 0.390. The zero-order valence-electron chi connectivity index (χ0n) is 10.5. The van der Waals surface area contributed by atoms with Crippen LogP contribution in [0.15, 0.2) is 30.5 Å². The van der Waals surface area contributed by atoms with Crippen LogP contribution in [-0.4, -0.2) is 28.1 Å². The van der Waals surface area contributed by atoms with Crippen LogP contribution >= 0.6 is 0 Å². The van der Waals surface area contributed by atoms with Gasteiger partial charge in [0.1, 0.15) is 5.75 Å². The van der Waals surface area contributed by atoms with Crippen LogP contribution < -0.4 is 0 Å². The van der Waals surface area contributed by atoms with Crippen LogP contribution in [0.4, 0.5) is 0 Å². The minimum Gasteiger partial charge on any atom is -0.508 e. The van der Waals surface area contributed by atoms with Crippen LogP contribution in [0, 0.1) is 0 Å². The number of hydrogen-bond donors (Lipinski definition) is 1. The Hall–Kier alpha value is -1.61. The summed E-state index contributed by atoms with van der Waals surface area (Å²) < 4.78 is 0. The van der Waals surface area contributed by atoms with E-state index in [9.17, 15) is 5.11 Å². The third kappa shape index (κ3) is 2.31. The van der Waals surface area contributed by atoms with E-state index < -0.39 is 0 Å². The summed E-state index contributed by atoms with van der Waals surface area (Å²) in [4.78, 5) is 6.76. The molecule has 0 bridgehead atoms. The molecule has 1 fully saturated rings. The van der Waals surface area contributed by atoms with E-state index in [0.717, 1.165) is 36.1 Å². The van der Waals surface area contributed by atoms with Gasteiger partial charge in [0, 0.05) is 23.7 Å². The molecule has 0 atom stereocenters. The van der Waals surface area contributed by atoms with Crippen LogP contribution in [0.2, 0.25) is 0 Å². The number of nitrogens with zero attached hydrogens (tertiary/aromatic N) is 2. The lowest BCUT2D eigenvalue weighted by molar-refractivity contribution is 0.218. The fourth-order valence-electron chi connectivity index (χ4n) is 2.64. The monoisotopic (exact) mass is 242 g/mol. The molecule has 3 nitrogen and oxygen atoms in total. The zero-order valence-corrected chi connectivity index (χ0v) is 10.5. The Labute approximate surface area is 107 Å². The summed E-state index contributed by atoms with van der Waals surface area (Å²) >= 11 is 0. The first-order valence-corrected chi connectivity index (χ1v) is 6.62. The first kappa shape index (κ1) is 11.5. The highest BCUT2D eigenvalue weighted by molar-refractivity contribution is 5.81. The highest BCUT2D eigenvalue weighted by Gasteiger charge is 2.13. The van der Waals surface area contributed by atoms with Crippen LogP contribution in [0.3, 0.4) is 0 Å². The van der Waals surface area contributed by atoms with Gasteiger partial charge in [-0.3, -0.25) is 9.88 Å². The van der Waals surface area contributed by atoms with E-state index in [1.807, 2.05) is 24.3 Å². The highest BCUT2D eigenvalue weighted by Crippen LogP contribution is 2.25. The number of phenolic OH excluding ortho intramolecular Hbond substituents is 1. The smallest absolute Gasteiger partial charge is 0.120 e. The standard InChI is InChI=1S/C15H18N2O/c18-15-10-12-5-4-6-16-14(12)9-13(15)11-17-7-2-1-3-8-17/h4-6,9-10,18H,1-3,7-8,11H2. The Kier molecular flexibility index (Phi) is 3.15. The van der Waals surface area contributed by atoms with Crippen LogP contribution in [0.1, 0.15) is 24.8 Å². The first-order chi connectivity index (χ1) is 8.83. The molecule has 0 saturated carbocycles. The number of rotatable bonds is 2. The normalized spacial score (nSPS) is 17.1. The summed E-state index contributed by atoms with van der Waals surface area (Å²) in [5.41, 5.74) is 1.95. The molecule has 0 amide bonds. The summed E-state index contributed by atoms with van der Waals surface area (Å²) in [6.07, 6.45) is 5.67. The van der Waals surface area contributed by atoms with Crippen LogP contribution in [0.25, 0.3) is 10.9 Å². The fourth-order valence-corrected chi connectivity index (χ4v) is 2.64. The average molecular weight is 242 g/mol. The van der Waals surface area contributed by atoms with E-state index in [1.54, 1.807) is 6.20 Å². The van der Waals surface area contributed by atoms with Crippen LogP contribution in [0.5, 0.6) is 5.75 Å². The molecule has 1 aliphatic rings. The van der Waals surface area contributed by atoms with Gasteiger partial charge in [-0.1, -0.05) is 12.5 Å². The molecule has 0 radical (unpaired) electrons. The third-order valence-corrected chi connectivity index (χ3v) is 3.65. The molecule has 1 saturated heterocycles. The molecule has 1 aliphatic heterocycles. The third-order valence-electron chi connectivity index (χ3n) is 3.65. The summed E-state index contributed by atoms with van der Waals surface area (Å²) in [5, 5.41) is 11.1. The van der Waals surface area contributed by atoms with Crippen molar-refractivity contribution in [2.24, 2.45) is 0 Å². The van der Waals surface area contributed by atoms with E-state index in [1.165, 1.54) is 19.3 Å². The van der Waals surface area contributed by atoms with Crippen molar-refractivity contribution in [3.8, 4) is 5.75 Å². The lowest BCUT2D eigenvalue weighted by Crippen LogP contribution is -2.29. The number of aromatic nitrogens is 1. The summed E-state index contributed by atoms with van der Waals surface area (Å²) in [6.45, 7) is 3.11. The number of piperidine rings is 1. The SMILES string of the molecule is Oc1cc2cccnc2cc1CN1CCCCC1. The van der Waals surface area contributed by atoms with Crippen molar-refractivity contribution in [1.82, 2.24) is 9.88 Å². The van der Waals surface area contributed by atoms with Gasteiger partial charge in [-0.05, 0) is 44.1 Å². The van der Waals surface area contributed by atoms with E-state index >= 15 is 0 Å². The summed E-state index contributed by atoms with van der Waals surface area (Å²) in [7, 11) is 0. The van der Waals surface area contributed by atoms with Crippen molar-refractivity contribution in [3.63, 3.8) is 0 Å². The number of likely N-dealkylation sites (tertiary alicyclic amines) is 1. The quantitative estimate of drug-likeness (QED) is 0.879. The lowest BCUT2D eigenvalue weighted by atomic mass is 10.1. The van der Waals surface area contributed by atoms with Gasteiger partial charge in [-0.15, -0.1) is 0 Å². The first-order valence-electron chi connectivity index (χ1n) is 6.62. The maximum atomic E-state index is 10.1.